The smallest absolute Gasteiger partial charge is 0.422 e. The first kappa shape index (κ1) is 23.3. The zero-order valence-corrected chi connectivity index (χ0v) is 18.3. The van der Waals surface area contributed by atoms with Crippen molar-refractivity contribution < 1.29 is 31.1 Å². The second-order valence-electron chi connectivity index (χ2n) is 7.32. The molecule has 2 heterocycles. The number of imidazole rings is 1. The Balaban J connectivity index is 1.42. The molecule has 176 valence electrons. The third-order valence-corrected chi connectivity index (χ3v) is 6.62. The van der Waals surface area contributed by atoms with Crippen molar-refractivity contribution in [1.29, 1.82) is 0 Å². The number of ether oxygens (including phenoxy) is 1. The van der Waals surface area contributed by atoms with E-state index in [2.05, 4.69) is 15.0 Å². The minimum Gasteiger partial charge on any atom is -0.484 e. The largest absolute Gasteiger partial charge is 0.484 e. The number of benzene rings is 2. The summed E-state index contributed by atoms with van der Waals surface area (Å²) in [5.74, 6) is -0.505. The van der Waals surface area contributed by atoms with Gasteiger partial charge in [0.1, 0.15) is 11.4 Å². The van der Waals surface area contributed by atoms with Gasteiger partial charge in [0.15, 0.2) is 6.61 Å². The lowest BCUT2D eigenvalue weighted by Crippen LogP contribution is -2.23. The molecule has 0 saturated heterocycles. The molecule has 34 heavy (non-hydrogen) atoms. The Morgan fingerprint density at radius 1 is 1.03 bits per heavy atom. The van der Waals surface area contributed by atoms with Gasteiger partial charge in [0.25, 0.3) is 5.91 Å². The summed E-state index contributed by atoms with van der Waals surface area (Å²) in [4.78, 5) is 16.3. The average Bonchev–Trinajstić information content (AvgIpc) is 3.29. The third kappa shape index (κ3) is 5.37. The van der Waals surface area contributed by atoms with Gasteiger partial charge in [-0.3, -0.25) is 4.79 Å². The Bertz CT molecular complexity index is 1430. The summed E-state index contributed by atoms with van der Waals surface area (Å²) in [6.07, 6.45) is 0.466. The Morgan fingerprint density at radius 2 is 1.79 bits per heavy atom. The van der Waals surface area contributed by atoms with E-state index in [0.29, 0.717) is 16.8 Å². The fourth-order valence-corrected chi connectivity index (χ4v) is 4.45. The molecule has 0 aliphatic rings. The van der Waals surface area contributed by atoms with Crippen LogP contribution in [0.4, 0.5) is 13.2 Å². The summed E-state index contributed by atoms with van der Waals surface area (Å²) < 4.78 is 69.2. The number of carbonyl (C=O) groups is 1. The van der Waals surface area contributed by atoms with Crippen molar-refractivity contribution in [3.05, 3.63) is 90.4 Å². The summed E-state index contributed by atoms with van der Waals surface area (Å²) >= 11 is 0. The highest BCUT2D eigenvalue weighted by Gasteiger charge is 2.28. The molecule has 4 rings (SSSR count). The summed E-state index contributed by atoms with van der Waals surface area (Å²) in [5, 5.41) is 2.77. The number of fused-ring (bicyclic) bond motifs is 1. The van der Waals surface area contributed by atoms with Crippen LogP contribution in [0.3, 0.4) is 0 Å². The summed E-state index contributed by atoms with van der Waals surface area (Å²) in [5.41, 5.74) is 1.82. The van der Waals surface area contributed by atoms with Crippen LogP contribution in [0.25, 0.3) is 5.65 Å². The van der Waals surface area contributed by atoms with E-state index in [1.165, 1.54) is 30.3 Å². The quantitative estimate of drug-likeness (QED) is 0.423. The van der Waals surface area contributed by atoms with Gasteiger partial charge in [-0.25, -0.2) is 13.4 Å². The lowest BCUT2D eigenvalue weighted by Gasteiger charge is -2.11. The lowest BCUT2D eigenvalue weighted by atomic mass is 10.2. The Labute approximate surface area is 192 Å². The summed E-state index contributed by atoms with van der Waals surface area (Å²) in [6.45, 7) is -1.35. The molecule has 0 unspecified atom stereocenters. The Hall–Kier alpha value is -3.86. The van der Waals surface area contributed by atoms with Gasteiger partial charge in [-0.1, -0.05) is 18.2 Å². The van der Waals surface area contributed by atoms with E-state index in [4.69, 9.17) is 0 Å². The number of amides is 1. The van der Waals surface area contributed by atoms with Crippen molar-refractivity contribution >= 4 is 21.4 Å². The number of halogens is 3. The molecule has 0 fully saturated rings. The molecule has 0 saturated carbocycles. The summed E-state index contributed by atoms with van der Waals surface area (Å²) in [6, 6.07) is 14.1. The van der Waals surface area contributed by atoms with Crippen molar-refractivity contribution in [2.75, 3.05) is 6.61 Å². The van der Waals surface area contributed by atoms with Crippen molar-refractivity contribution in [3.63, 3.8) is 0 Å². The average molecular weight is 489 g/mol. The van der Waals surface area contributed by atoms with Crippen LogP contribution < -0.4 is 10.1 Å². The molecule has 4 aromatic rings. The van der Waals surface area contributed by atoms with E-state index in [1.54, 1.807) is 47.3 Å². The van der Waals surface area contributed by atoms with Crippen molar-refractivity contribution in [2.24, 2.45) is 0 Å². The topological polar surface area (TPSA) is 89.8 Å². The van der Waals surface area contributed by atoms with E-state index in [1.807, 2.05) is 0 Å². The first-order valence-corrected chi connectivity index (χ1v) is 11.4. The van der Waals surface area contributed by atoms with E-state index in [0.717, 1.165) is 6.07 Å². The van der Waals surface area contributed by atoms with E-state index in [-0.39, 0.29) is 28.0 Å². The number of hydrogen-bond acceptors (Lipinski definition) is 5. The number of hydrogen-bond donors (Lipinski definition) is 1. The first-order chi connectivity index (χ1) is 16.1. The molecule has 7 nitrogen and oxygen atoms in total. The molecular weight excluding hydrogens is 471 g/mol. The van der Waals surface area contributed by atoms with Crippen LogP contribution in [0, 0.1) is 0 Å². The van der Waals surface area contributed by atoms with E-state index >= 15 is 0 Å². The van der Waals surface area contributed by atoms with Gasteiger partial charge < -0.3 is 14.5 Å². The second kappa shape index (κ2) is 9.18. The number of sulfone groups is 1. The molecule has 0 atom stereocenters. The number of nitrogens with one attached hydrogen (secondary N) is 1. The minimum atomic E-state index is -4.54. The monoisotopic (exact) mass is 489 g/mol. The number of aromatic nitrogens is 2. The normalized spacial score (nSPS) is 12.0. The second-order valence-corrected chi connectivity index (χ2v) is 9.27. The van der Waals surface area contributed by atoms with Crippen LogP contribution in [0.5, 0.6) is 5.75 Å². The number of pyridine rings is 1. The van der Waals surface area contributed by atoms with Crippen molar-refractivity contribution in [2.45, 2.75) is 22.5 Å². The van der Waals surface area contributed by atoms with Crippen LogP contribution in [0.15, 0.2) is 89.0 Å². The Morgan fingerprint density at radius 3 is 2.53 bits per heavy atom. The fourth-order valence-electron chi connectivity index (χ4n) is 3.16. The minimum absolute atomic E-state index is 0.0406. The van der Waals surface area contributed by atoms with Crippen LogP contribution in [0.1, 0.15) is 15.9 Å². The molecule has 2 aromatic carbocycles. The van der Waals surface area contributed by atoms with Gasteiger partial charge >= 0.3 is 6.18 Å². The van der Waals surface area contributed by atoms with Gasteiger partial charge in [0.05, 0.1) is 15.4 Å². The molecule has 1 N–H and O–H groups in total. The molecule has 0 aliphatic carbocycles. The molecule has 11 heteroatoms. The van der Waals surface area contributed by atoms with Crippen molar-refractivity contribution in [1.82, 2.24) is 14.7 Å². The molecule has 2 aromatic heterocycles. The predicted octanol–water partition coefficient (Wildman–Crippen LogP) is 4.04. The van der Waals surface area contributed by atoms with Crippen LogP contribution >= 0.6 is 0 Å². The SMILES string of the molecule is O=C(NCc1ccc(S(=O)(=O)c2cccc(OCC(F)(F)F)c2)cc1)c1ccc2nccn2c1. The van der Waals surface area contributed by atoms with Crippen LogP contribution in [-0.2, 0) is 16.4 Å². The van der Waals surface area contributed by atoms with Crippen LogP contribution in [0.2, 0.25) is 0 Å². The maximum absolute atomic E-state index is 12.9. The molecule has 1 amide bonds. The zero-order chi connectivity index (χ0) is 24.3. The maximum atomic E-state index is 12.9. The highest BCUT2D eigenvalue weighted by atomic mass is 32.2. The number of carbonyl (C=O) groups excluding carboxylic acids is 1. The first-order valence-electron chi connectivity index (χ1n) is 9.96. The highest BCUT2D eigenvalue weighted by Crippen LogP contribution is 2.26. The number of alkyl halides is 3. The molecule has 0 radical (unpaired) electrons. The van der Waals surface area contributed by atoms with Gasteiger partial charge in [-0.2, -0.15) is 13.2 Å². The van der Waals surface area contributed by atoms with Gasteiger partial charge in [0, 0.05) is 25.1 Å². The van der Waals surface area contributed by atoms with Crippen molar-refractivity contribution in [3.8, 4) is 5.75 Å². The molecular formula is C23H18F3N3O4S. The maximum Gasteiger partial charge on any atom is 0.422 e. The predicted molar refractivity (Wildman–Crippen MR) is 116 cm³/mol. The molecule has 0 aliphatic heterocycles. The van der Waals surface area contributed by atoms with E-state index < -0.39 is 22.6 Å². The Kier molecular flexibility index (Phi) is 6.29. The standard InChI is InChI=1S/C23H18F3N3O4S/c24-23(25,26)15-33-18-2-1-3-20(12-18)34(31,32)19-7-4-16(5-8-19)13-28-22(30)17-6-9-21-27-10-11-29(21)14-17/h1-12,14H,13,15H2,(H,28,30). The molecule has 0 bridgehead atoms. The van der Waals surface area contributed by atoms with E-state index in [9.17, 15) is 26.4 Å². The third-order valence-electron chi connectivity index (χ3n) is 4.86. The van der Waals surface area contributed by atoms with Gasteiger partial charge in [0.2, 0.25) is 9.84 Å². The zero-order valence-electron chi connectivity index (χ0n) is 17.5. The highest BCUT2D eigenvalue weighted by molar-refractivity contribution is 7.91. The van der Waals surface area contributed by atoms with Crippen LogP contribution in [-0.4, -0.2) is 36.5 Å². The fraction of sp³-hybridized carbons (Fsp3) is 0.130. The lowest BCUT2D eigenvalue weighted by molar-refractivity contribution is -0.153. The molecule has 0 spiro atoms. The van der Waals surface area contributed by atoms with Gasteiger partial charge in [-0.15, -0.1) is 0 Å². The number of nitrogens with zero attached hydrogens (tertiary/aromatic N) is 2. The number of rotatable bonds is 7. The van der Waals surface area contributed by atoms with Gasteiger partial charge in [-0.05, 0) is 48.0 Å². The summed E-state index contributed by atoms with van der Waals surface area (Å²) in [7, 11) is -3.98.